The van der Waals surface area contributed by atoms with Crippen LogP contribution in [-0.2, 0) is 11.2 Å². The largest absolute Gasteiger partial charge is 0.480 e. The number of likely N-dealkylation sites (N-methyl/N-ethyl adjacent to an activating group) is 1. The number of hydrogen-bond donors (Lipinski definition) is 3. The van der Waals surface area contributed by atoms with Crippen LogP contribution in [0.4, 0.5) is 4.79 Å². The maximum atomic E-state index is 12.4. The first-order valence-corrected chi connectivity index (χ1v) is 9.58. The number of amides is 2. The number of rotatable bonds is 6. The molecule has 0 bridgehead atoms. The molecule has 3 rings (SSSR count). The molecule has 1 aromatic carbocycles. The lowest BCUT2D eigenvalue weighted by Gasteiger charge is -2.42. The van der Waals surface area contributed by atoms with Gasteiger partial charge in [-0.2, -0.15) is 0 Å². The Kier molecular flexibility index (Phi) is 5.81. The van der Waals surface area contributed by atoms with Gasteiger partial charge in [-0.15, -0.1) is 0 Å². The van der Waals surface area contributed by atoms with Crippen molar-refractivity contribution in [1.29, 1.82) is 0 Å². The number of carbonyl (C=O) groups is 2. The molecule has 1 aromatic rings. The van der Waals surface area contributed by atoms with Crippen LogP contribution in [0.25, 0.3) is 0 Å². The minimum absolute atomic E-state index is 0.0678. The number of aryl methyl sites for hydroxylation is 2. The molecular weight excluding hydrogens is 330 g/mol. The zero-order valence-electron chi connectivity index (χ0n) is 15.6. The van der Waals surface area contributed by atoms with Crippen LogP contribution in [0.5, 0.6) is 0 Å². The minimum atomic E-state index is -0.799. The number of carboxylic acids is 1. The Labute approximate surface area is 155 Å². The summed E-state index contributed by atoms with van der Waals surface area (Å²) in [5.74, 6) is -0.799. The Morgan fingerprint density at radius 3 is 2.73 bits per heavy atom. The summed E-state index contributed by atoms with van der Waals surface area (Å²) in [6, 6.07) is 6.83. The third-order valence-electron chi connectivity index (χ3n) is 5.63. The molecule has 0 heterocycles. The molecule has 1 fully saturated rings. The molecule has 1 saturated carbocycles. The summed E-state index contributed by atoms with van der Waals surface area (Å²) in [4.78, 5) is 25.3. The van der Waals surface area contributed by atoms with E-state index in [2.05, 4.69) is 35.8 Å². The van der Waals surface area contributed by atoms with Crippen molar-refractivity contribution in [2.45, 2.75) is 64.1 Å². The Hall–Kier alpha value is -2.08. The Bertz CT molecular complexity index is 670. The zero-order chi connectivity index (χ0) is 18.7. The number of benzene rings is 1. The van der Waals surface area contributed by atoms with Gasteiger partial charge < -0.3 is 15.7 Å². The van der Waals surface area contributed by atoms with Crippen LogP contribution in [0.15, 0.2) is 18.2 Å². The van der Waals surface area contributed by atoms with Gasteiger partial charge in [-0.1, -0.05) is 30.7 Å². The Balaban J connectivity index is 1.49. The number of carboxylic acid groups (broad SMARTS) is 1. The molecule has 0 spiro atoms. The van der Waals surface area contributed by atoms with Gasteiger partial charge in [-0.05, 0) is 56.7 Å². The van der Waals surface area contributed by atoms with Crippen molar-refractivity contribution in [1.82, 2.24) is 15.5 Å². The highest BCUT2D eigenvalue weighted by Gasteiger charge is 2.35. The van der Waals surface area contributed by atoms with Gasteiger partial charge in [0, 0.05) is 12.1 Å². The quantitative estimate of drug-likeness (QED) is 0.729. The monoisotopic (exact) mass is 359 g/mol. The Morgan fingerprint density at radius 1 is 1.27 bits per heavy atom. The molecular formula is C20H29N3O3. The molecule has 0 radical (unpaired) electrons. The molecule has 2 aliphatic rings. The maximum Gasteiger partial charge on any atom is 0.317 e. The fourth-order valence-electron chi connectivity index (χ4n) is 4.13. The van der Waals surface area contributed by atoms with Crippen LogP contribution in [-0.4, -0.2) is 47.2 Å². The number of carbonyl (C=O) groups excluding carboxylic acids is 1. The van der Waals surface area contributed by atoms with Crippen LogP contribution < -0.4 is 10.6 Å². The highest BCUT2D eigenvalue weighted by atomic mass is 16.4. The number of nitrogens with zero attached hydrogens (tertiary/aromatic N) is 1. The molecule has 0 aliphatic heterocycles. The SMILES string of the molecule is CCN(CC(=O)O)C1CC(NC(=O)N[C@@H]2CCCc3ccc(C)cc32)C1. The van der Waals surface area contributed by atoms with Crippen molar-refractivity contribution in [2.24, 2.45) is 0 Å². The van der Waals surface area contributed by atoms with Crippen molar-refractivity contribution in [3.63, 3.8) is 0 Å². The topological polar surface area (TPSA) is 81.7 Å². The summed E-state index contributed by atoms with van der Waals surface area (Å²) in [7, 11) is 0. The van der Waals surface area contributed by atoms with E-state index >= 15 is 0 Å². The van der Waals surface area contributed by atoms with Gasteiger partial charge in [-0.3, -0.25) is 9.69 Å². The summed E-state index contributed by atoms with van der Waals surface area (Å²) in [6.07, 6.45) is 4.77. The van der Waals surface area contributed by atoms with Crippen LogP contribution in [0, 0.1) is 6.92 Å². The van der Waals surface area contributed by atoms with Crippen molar-refractivity contribution in [3.8, 4) is 0 Å². The van der Waals surface area contributed by atoms with Gasteiger partial charge in [0.05, 0.1) is 12.6 Å². The average Bonchev–Trinajstić information content (AvgIpc) is 2.56. The Morgan fingerprint density at radius 2 is 2.04 bits per heavy atom. The smallest absolute Gasteiger partial charge is 0.317 e. The molecule has 2 aliphatic carbocycles. The number of urea groups is 1. The van der Waals surface area contributed by atoms with E-state index in [0.29, 0.717) is 6.54 Å². The van der Waals surface area contributed by atoms with E-state index < -0.39 is 5.97 Å². The lowest BCUT2D eigenvalue weighted by Crippen LogP contribution is -2.56. The highest BCUT2D eigenvalue weighted by molar-refractivity contribution is 5.75. The first-order chi connectivity index (χ1) is 12.5. The van der Waals surface area contributed by atoms with Gasteiger partial charge in [0.1, 0.15) is 0 Å². The van der Waals surface area contributed by atoms with Crippen molar-refractivity contribution in [2.75, 3.05) is 13.1 Å². The number of fused-ring (bicyclic) bond motifs is 1. The molecule has 6 heteroatoms. The van der Waals surface area contributed by atoms with E-state index in [1.165, 1.54) is 16.7 Å². The lowest BCUT2D eigenvalue weighted by atomic mass is 9.85. The average molecular weight is 359 g/mol. The molecule has 0 unspecified atom stereocenters. The molecule has 0 aromatic heterocycles. The van der Waals surface area contributed by atoms with Crippen molar-refractivity contribution < 1.29 is 14.7 Å². The third-order valence-corrected chi connectivity index (χ3v) is 5.63. The van der Waals surface area contributed by atoms with Gasteiger partial charge in [-0.25, -0.2) is 4.79 Å². The second-order valence-electron chi connectivity index (χ2n) is 7.54. The summed E-state index contributed by atoms with van der Waals surface area (Å²) in [5.41, 5.74) is 3.80. The van der Waals surface area contributed by atoms with E-state index in [4.69, 9.17) is 5.11 Å². The van der Waals surface area contributed by atoms with Gasteiger partial charge >= 0.3 is 12.0 Å². The second-order valence-corrected chi connectivity index (χ2v) is 7.54. The summed E-state index contributed by atoms with van der Waals surface area (Å²) in [6.45, 7) is 4.84. The lowest BCUT2D eigenvalue weighted by molar-refractivity contribution is -0.139. The van der Waals surface area contributed by atoms with Crippen LogP contribution in [0.2, 0.25) is 0 Å². The van der Waals surface area contributed by atoms with Crippen LogP contribution in [0.1, 0.15) is 55.3 Å². The number of nitrogens with one attached hydrogen (secondary N) is 2. The van der Waals surface area contributed by atoms with E-state index in [0.717, 1.165) is 32.1 Å². The van der Waals surface area contributed by atoms with E-state index in [-0.39, 0.29) is 30.7 Å². The summed E-state index contributed by atoms with van der Waals surface area (Å²) < 4.78 is 0. The fraction of sp³-hybridized carbons (Fsp3) is 0.600. The predicted molar refractivity (Wildman–Crippen MR) is 100 cm³/mol. The molecule has 6 nitrogen and oxygen atoms in total. The molecule has 142 valence electrons. The summed E-state index contributed by atoms with van der Waals surface area (Å²) in [5, 5.41) is 15.1. The predicted octanol–water partition coefficient (Wildman–Crippen LogP) is 2.61. The maximum absolute atomic E-state index is 12.4. The first kappa shape index (κ1) is 18.7. The standard InChI is InChI=1S/C20H29N3O3/c1-3-23(12-19(24)25)16-10-15(11-16)21-20(26)22-18-6-4-5-14-8-7-13(2)9-17(14)18/h7-9,15-16,18H,3-6,10-12H2,1-2H3,(H,24,25)(H2,21,22,26)/t15?,16?,18-/m1/s1. The molecule has 2 amide bonds. The fourth-order valence-corrected chi connectivity index (χ4v) is 4.13. The van der Waals surface area contributed by atoms with E-state index in [9.17, 15) is 9.59 Å². The van der Waals surface area contributed by atoms with E-state index in [1.54, 1.807) is 0 Å². The minimum Gasteiger partial charge on any atom is -0.480 e. The third kappa shape index (κ3) is 4.36. The number of hydrogen-bond acceptors (Lipinski definition) is 3. The van der Waals surface area contributed by atoms with Crippen LogP contribution >= 0.6 is 0 Å². The van der Waals surface area contributed by atoms with Crippen molar-refractivity contribution in [3.05, 3.63) is 34.9 Å². The van der Waals surface area contributed by atoms with Gasteiger partial charge in [0.25, 0.3) is 0 Å². The molecule has 0 saturated heterocycles. The van der Waals surface area contributed by atoms with E-state index in [1.807, 2.05) is 11.8 Å². The van der Waals surface area contributed by atoms with Gasteiger partial charge in [0.2, 0.25) is 0 Å². The highest BCUT2D eigenvalue weighted by Crippen LogP contribution is 2.31. The first-order valence-electron chi connectivity index (χ1n) is 9.58. The normalized spacial score (nSPS) is 24.5. The molecule has 3 N–H and O–H groups in total. The summed E-state index contributed by atoms with van der Waals surface area (Å²) >= 11 is 0. The zero-order valence-corrected chi connectivity index (χ0v) is 15.6. The van der Waals surface area contributed by atoms with Gasteiger partial charge in [0.15, 0.2) is 0 Å². The molecule has 26 heavy (non-hydrogen) atoms. The number of aliphatic carboxylic acids is 1. The second kappa shape index (κ2) is 8.08. The van der Waals surface area contributed by atoms with Crippen LogP contribution in [0.3, 0.4) is 0 Å². The van der Waals surface area contributed by atoms with Crippen molar-refractivity contribution >= 4 is 12.0 Å². The molecule has 1 atom stereocenters.